The van der Waals surface area contributed by atoms with Gasteiger partial charge in [0.25, 0.3) is 0 Å². The molecule has 0 aliphatic heterocycles. The van der Waals surface area contributed by atoms with Crippen LogP contribution in [0.15, 0.2) is 59.9 Å². The second-order valence-electron chi connectivity index (χ2n) is 6.52. The van der Waals surface area contributed by atoms with Gasteiger partial charge in [0.1, 0.15) is 5.82 Å². The summed E-state index contributed by atoms with van der Waals surface area (Å²) >= 11 is 11.8. The van der Waals surface area contributed by atoms with Gasteiger partial charge in [0.2, 0.25) is 0 Å². The van der Waals surface area contributed by atoms with Crippen molar-refractivity contribution in [3.63, 3.8) is 0 Å². The predicted octanol–water partition coefficient (Wildman–Crippen LogP) is 5.95. The van der Waals surface area contributed by atoms with Gasteiger partial charge in [-0.2, -0.15) is 0 Å². The molecule has 0 fully saturated rings. The van der Waals surface area contributed by atoms with Crippen LogP contribution in [0, 0.1) is 13.8 Å². The van der Waals surface area contributed by atoms with Crippen molar-refractivity contribution in [3.05, 3.63) is 71.8 Å². The summed E-state index contributed by atoms with van der Waals surface area (Å²) < 4.78 is 2.05. The first-order chi connectivity index (χ1) is 13.6. The molecule has 0 N–H and O–H groups in total. The summed E-state index contributed by atoms with van der Waals surface area (Å²) in [6, 6.07) is 14.5. The van der Waals surface area contributed by atoms with Gasteiger partial charge in [0, 0.05) is 54.8 Å². The largest absolute Gasteiger partial charge is 0.369 e. The van der Waals surface area contributed by atoms with Crippen molar-refractivity contribution >= 4 is 53.2 Å². The molecule has 4 nitrogen and oxygen atoms in total. The minimum Gasteiger partial charge on any atom is -0.369 e. The van der Waals surface area contributed by atoms with Gasteiger partial charge in [-0.15, -0.1) is 35.6 Å². The molecule has 0 spiro atoms. The van der Waals surface area contributed by atoms with Crippen LogP contribution in [-0.2, 0) is 0 Å². The molecule has 0 saturated carbocycles. The zero-order valence-corrected chi connectivity index (χ0v) is 18.9. The van der Waals surface area contributed by atoms with Crippen molar-refractivity contribution in [2.75, 3.05) is 29.7 Å². The molecule has 0 aliphatic carbocycles. The van der Waals surface area contributed by atoms with E-state index in [0.717, 1.165) is 41.5 Å². The molecule has 0 amide bonds. The number of imidazole rings is 1. The Morgan fingerprint density at radius 2 is 1.72 bits per heavy atom. The molecule has 0 atom stereocenters. The molecule has 0 radical (unpaired) electrons. The van der Waals surface area contributed by atoms with Crippen molar-refractivity contribution in [2.24, 2.45) is 4.99 Å². The van der Waals surface area contributed by atoms with E-state index in [1.54, 1.807) is 6.20 Å². The summed E-state index contributed by atoms with van der Waals surface area (Å²) in [4.78, 5) is 11.1. The topological polar surface area (TPSA) is 33.4 Å². The molecule has 0 unspecified atom stereocenters. The number of nitrogens with zero attached hydrogens (tertiary/aromatic N) is 4. The Morgan fingerprint density at radius 3 is 2.28 bits per heavy atom. The van der Waals surface area contributed by atoms with Crippen LogP contribution in [0.25, 0.3) is 5.69 Å². The van der Waals surface area contributed by atoms with Crippen molar-refractivity contribution in [3.8, 4) is 5.69 Å². The Labute approximate surface area is 188 Å². The van der Waals surface area contributed by atoms with Crippen LogP contribution in [0.4, 0.5) is 11.4 Å². The van der Waals surface area contributed by atoms with Crippen LogP contribution in [0.3, 0.4) is 0 Å². The zero-order valence-electron chi connectivity index (χ0n) is 16.6. The maximum atomic E-state index is 5.91. The number of rotatable bonds is 8. The summed E-state index contributed by atoms with van der Waals surface area (Å²) in [5.41, 5.74) is 5.39. The molecule has 0 saturated heterocycles. The fourth-order valence-electron chi connectivity index (χ4n) is 3.07. The van der Waals surface area contributed by atoms with Gasteiger partial charge in [-0.3, -0.25) is 4.99 Å². The number of hydrogen-bond donors (Lipinski definition) is 0. The van der Waals surface area contributed by atoms with Gasteiger partial charge in [-0.1, -0.05) is 6.07 Å². The van der Waals surface area contributed by atoms with E-state index >= 15 is 0 Å². The van der Waals surface area contributed by atoms with Crippen molar-refractivity contribution in [1.82, 2.24) is 9.55 Å². The highest BCUT2D eigenvalue weighted by Gasteiger charge is 2.07. The van der Waals surface area contributed by atoms with Crippen LogP contribution in [0.2, 0.25) is 0 Å². The maximum Gasteiger partial charge on any atom is 0.110 e. The third-order valence-electron chi connectivity index (χ3n) is 4.63. The van der Waals surface area contributed by atoms with E-state index in [0.29, 0.717) is 11.8 Å². The average Bonchev–Trinajstić information content (AvgIpc) is 3.13. The third kappa shape index (κ3) is 5.99. The molecular formula is C22H25Cl3N4. The fourth-order valence-corrected chi connectivity index (χ4v) is 3.48. The van der Waals surface area contributed by atoms with Crippen LogP contribution < -0.4 is 4.90 Å². The summed E-state index contributed by atoms with van der Waals surface area (Å²) in [5.74, 6) is 2.12. The SMILES string of the molecule is Cc1cc(N(CCCl)CCCl)ccc1C=Nc1ccc(-n2ccnc2C)cc1.Cl. The van der Waals surface area contributed by atoms with Crippen molar-refractivity contribution < 1.29 is 0 Å². The van der Waals surface area contributed by atoms with Gasteiger partial charge < -0.3 is 9.47 Å². The Bertz CT molecular complexity index is 929. The summed E-state index contributed by atoms with van der Waals surface area (Å²) in [6.45, 7) is 5.64. The van der Waals surface area contributed by atoms with E-state index < -0.39 is 0 Å². The van der Waals surface area contributed by atoms with Crippen LogP contribution >= 0.6 is 35.6 Å². The first-order valence-electron chi connectivity index (χ1n) is 9.24. The molecule has 154 valence electrons. The van der Waals surface area contributed by atoms with Crippen molar-refractivity contribution in [1.29, 1.82) is 0 Å². The lowest BCUT2D eigenvalue weighted by Gasteiger charge is -2.23. The quantitative estimate of drug-likeness (QED) is 0.313. The smallest absolute Gasteiger partial charge is 0.110 e. The number of halogens is 3. The lowest BCUT2D eigenvalue weighted by molar-refractivity contribution is 0.873. The summed E-state index contributed by atoms with van der Waals surface area (Å²) in [7, 11) is 0. The Hall–Kier alpha value is -2.01. The first-order valence-corrected chi connectivity index (χ1v) is 10.3. The molecule has 0 bridgehead atoms. The van der Waals surface area contributed by atoms with Gasteiger partial charge in [0.05, 0.1) is 5.69 Å². The fraction of sp³-hybridized carbons (Fsp3) is 0.273. The zero-order chi connectivity index (χ0) is 19.9. The second-order valence-corrected chi connectivity index (χ2v) is 7.28. The average molecular weight is 452 g/mol. The maximum absolute atomic E-state index is 5.91. The lowest BCUT2D eigenvalue weighted by Crippen LogP contribution is -2.27. The molecule has 1 heterocycles. The minimum absolute atomic E-state index is 0. The summed E-state index contributed by atoms with van der Waals surface area (Å²) in [6.07, 6.45) is 5.66. The van der Waals surface area contributed by atoms with Crippen LogP contribution in [0.5, 0.6) is 0 Å². The highest BCUT2D eigenvalue weighted by Crippen LogP contribution is 2.21. The lowest BCUT2D eigenvalue weighted by atomic mass is 10.1. The highest BCUT2D eigenvalue weighted by atomic mass is 35.5. The Balaban J connectivity index is 0.00000300. The number of aliphatic imine (C=N–C) groups is 1. The van der Waals surface area contributed by atoms with E-state index in [4.69, 9.17) is 23.2 Å². The monoisotopic (exact) mass is 450 g/mol. The number of alkyl halides is 2. The van der Waals surface area contributed by atoms with E-state index in [-0.39, 0.29) is 12.4 Å². The molecule has 3 rings (SSSR count). The Kier molecular flexibility index (Phi) is 9.02. The first kappa shape index (κ1) is 23.3. The van der Waals surface area contributed by atoms with Crippen molar-refractivity contribution in [2.45, 2.75) is 13.8 Å². The molecule has 29 heavy (non-hydrogen) atoms. The Morgan fingerprint density at radius 1 is 1.03 bits per heavy atom. The van der Waals surface area contributed by atoms with Crippen LogP contribution in [-0.4, -0.2) is 40.6 Å². The van der Waals surface area contributed by atoms with E-state index in [1.807, 2.05) is 48.2 Å². The number of hydrogen-bond acceptors (Lipinski definition) is 3. The van der Waals surface area contributed by atoms with E-state index in [1.165, 1.54) is 5.56 Å². The van der Waals surface area contributed by atoms with Gasteiger partial charge in [-0.05, 0) is 61.4 Å². The second kappa shape index (κ2) is 11.2. The number of anilines is 1. The molecular weight excluding hydrogens is 427 g/mol. The molecule has 3 aromatic rings. The van der Waals surface area contributed by atoms with Gasteiger partial charge >= 0.3 is 0 Å². The number of aromatic nitrogens is 2. The minimum atomic E-state index is 0. The molecule has 0 aliphatic rings. The normalized spacial score (nSPS) is 10.9. The molecule has 2 aromatic carbocycles. The molecule has 1 aromatic heterocycles. The van der Waals surface area contributed by atoms with Gasteiger partial charge in [0.15, 0.2) is 0 Å². The van der Waals surface area contributed by atoms with Crippen LogP contribution in [0.1, 0.15) is 17.0 Å². The van der Waals surface area contributed by atoms with E-state index in [2.05, 4.69) is 40.0 Å². The number of aryl methyl sites for hydroxylation is 2. The van der Waals surface area contributed by atoms with E-state index in [9.17, 15) is 0 Å². The summed E-state index contributed by atoms with van der Waals surface area (Å²) in [5, 5.41) is 0. The third-order valence-corrected chi connectivity index (χ3v) is 4.97. The number of benzene rings is 2. The highest BCUT2D eigenvalue weighted by molar-refractivity contribution is 6.18. The van der Waals surface area contributed by atoms with Gasteiger partial charge in [-0.25, -0.2) is 4.98 Å². The standard InChI is InChI=1S/C22H24Cl2N4.ClH/c1-17-15-22(27(12-9-23)13-10-24)6-3-19(17)16-26-20-4-7-21(8-5-20)28-14-11-25-18(28)2;/h3-8,11,14-16H,9-10,12-13H2,1-2H3;1H. The molecule has 7 heteroatoms. The predicted molar refractivity (Wildman–Crippen MR) is 128 cm³/mol.